The van der Waals surface area contributed by atoms with E-state index in [4.69, 9.17) is 20.5 Å². The van der Waals surface area contributed by atoms with Gasteiger partial charge in [0.1, 0.15) is 0 Å². The second-order valence-corrected chi connectivity index (χ2v) is 5.53. The number of methoxy groups -OCH3 is 1. The molecule has 16 heavy (non-hydrogen) atoms. The molecule has 0 aliphatic heterocycles. The summed E-state index contributed by atoms with van der Waals surface area (Å²) in [6.45, 7) is 0.0428. The second-order valence-electron chi connectivity index (χ2n) is 3.00. The minimum atomic E-state index is -3.98. The molecule has 0 aromatic heterocycles. The van der Waals surface area contributed by atoms with Gasteiger partial charge in [-0.3, -0.25) is 0 Å². The van der Waals surface area contributed by atoms with Gasteiger partial charge in [-0.1, -0.05) is 6.07 Å². The molecule has 0 bridgehead atoms. The first-order chi connectivity index (χ1) is 7.36. The lowest BCUT2D eigenvalue weighted by molar-refractivity contribution is 0.0696. The molecule has 0 fully saturated rings. The lowest BCUT2D eigenvalue weighted by atomic mass is 10.1. The van der Waals surface area contributed by atoms with Crippen molar-refractivity contribution >= 4 is 25.7 Å². The number of rotatable bonds is 4. The Labute approximate surface area is 97.0 Å². The zero-order chi connectivity index (χ0) is 12.3. The molecule has 0 radical (unpaired) electrons. The summed E-state index contributed by atoms with van der Waals surface area (Å²) >= 11 is 0. The normalized spacial score (nSPS) is 11.4. The lowest BCUT2D eigenvalue weighted by Crippen LogP contribution is -2.04. The summed E-state index contributed by atoms with van der Waals surface area (Å²) in [7, 11) is 2.62. The molecule has 0 aliphatic carbocycles. The summed E-state index contributed by atoms with van der Waals surface area (Å²) < 4.78 is 27.2. The van der Waals surface area contributed by atoms with Crippen molar-refractivity contribution in [2.45, 2.75) is 11.5 Å². The minimum Gasteiger partial charge on any atom is -0.478 e. The van der Waals surface area contributed by atoms with E-state index in [2.05, 4.69) is 0 Å². The van der Waals surface area contributed by atoms with E-state index in [0.29, 0.717) is 5.56 Å². The van der Waals surface area contributed by atoms with Crippen LogP contribution in [0.3, 0.4) is 0 Å². The third-order valence-electron chi connectivity index (χ3n) is 1.88. The van der Waals surface area contributed by atoms with Gasteiger partial charge in [-0.15, -0.1) is 0 Å². The molecule has 7 heteroatoms. The number of carbonyl (C=O) groups is 1. The van der Waals surface area contributed by atoms with E-state index in [1.54, 1.807) is 0 Å². The molecular weight excluding hydrogens is 256 g/mol. The standard InChI is InChI=1S/C9H9ClO5S/c1-15-5-7-3-2-6(9(11)12)4-8(7)16(10,13)14/h2-4H,5H2,1H3,(H,11,12). The summed E-state index contributed by atoms with van der Waals surface area (Å²) in [5.74, 6) is -1.22. The Kier molecular flexibility index (Phi) is 3.90. The van der Waals surface area contributed by atoms with Crippen LogP contribution in [0.1, 0.15) is 15.9 Å². The summed E-state index contributed by atoms with van der Waals surface area (Å²) in [4.78, 5) is 10.4. The first-order valence-corrected chi connectivity index (χ1v) is 6.47. The number of halogens is 1. The van der Waals surface area contributed by atoms with Gasteiger partial charge in [-0.05, 0) is 17.7 Å². The van der Waals surface area contributed by atoms with Crippen molar-refractivity contribution in [1.82, 2.24) is 0 Å². The molecule has 5 nitrogen and oxygen atoms in total. The van der Waals surface area contributed by atoms with Crippen molar-refractivity contribution in [3.8, 4) is 0 Å². The highest BCUT2D eigenvalue weighted by molar-refractivity contribution is 8.13. The fourth-order valence-corrected chi connectivity index (χ4v) is 2.33. The summed E-state index contributed by atoms with van der Waals surface area (Å²) in [6, 6.07) is 3.67. The fourth-order valence-electron chi connectivity index (χ4n) is 1.19. The van der Waals surface area contributed by atoms with Crippen molar-refractivity contribution in [1.29, 1.82) is 0 Å². The van der Waals surface area contributed by atoms with Crippen LogP contribution in [0.25, 0.3) is 0 Å². The Hall–Kier alpha value is -1.11. The van der Waals surface area contributed by atoms with Crippen LogP contribution in [0.2, 0.25) is 0 Å². The van der Waals surface area contributed by atoms with Gasteiger partial charge in [-0.2, -0.15) is 0 Å². The number of hydrogen-bond acceptors (Lipinski definition) is 4. The third kappa shape index (κ3) is 2.94. The topological polar surface area (TPSA) is 80.7 Å². The van der Waals surface area contributed by atoms with Gasteiger partial charge in [0.25, 0.3) is 9.05 Å². The highest BCUT2D eigenvalue weighted by Gasteiger charge is 2.18. The quantitative estimate of drug-likeness (QED) is 0.833. The van der Waals surface area contributed by atoms with E-state index >= 15 is 0 Å². The van der Waals surface area contributed by atoms with Crippen molar-refractivity contribution in [3.63, 3.8) is 0 Å². The van der Waals surface area contributed by atoms with E-state index in [0.717, 1.165) is 6.07 Å². The lowest BCUT2D eigenvalue weighted by Gasteiger charge is -2.06. The van der Waals surface area contributed by atoms with Gasteiger partial charge in [0, 0.05) is 17.8 Å². The second kappa shape index (κ2) is 4.82. The molecule has 0 saturated carbocycles. The molecule has 1 N–H and O–H groups in total. The average molecular weight is 265 g/mol. The van der Waals surface area contributed by atoms with E-state index in [1.807, 2.05) is 0 Å². The Morgan fingerprint density at radius 1 is 1.50 bits per heavy atom. The first kappa shape index (κ1) is 13.0. The molecule has 0 aliphatic rings. The fraction of sp³-hybridized carbons (Fsp3) is 0.222. The zero-order valence-corrected chi connectivity index (χ0v) is 9.88. The van der Waals surface area contributed by atoms with Gasteiger partial charge in [0.2, 0.25) is 0 Å². The molecule has 0 heterocycles. The van der Waals surface area contributed by atoms with Crippen LogP contribution in [0.15, 0.2) is 23.1 Å². The Bertz CT molecular complexity index is 509. The number of ether oxygens (including phenoxy) is 1. The number of benzene rings is 1. The van der Waals surface area contributed by atoms with Crippen molar-refractivity contribution in [2.24, 2.45) is 0 Å². The van der Waals surface area contributed by atoms with Crippen LogP contribution >= 0.6 is 10.7 Å². The van der Waals surface area contributed by atoms with Crippen LogP contribution < -0.4 is 0 Å². The molecule has 1 rings (SSSR count). The van der Waals surface area contributed by atoms with Crippen LogP contribution in [0.4, 0.5) is 0 Å². The van der Waals surface area contributed by atoms with Crippen molar-refractivity contribution < 1.29 is 23.1 Å². The average Bonchev–Trinajstić information content (AvgIpc) is 2.16. The van der Waals surface area contributed by atoms with Crippen LogP contribution in [-0.2, 0) is 20.4 Å². The number of carboxylic acid groups (broad SMARTS) is 1. The Morgan fingerprint density at radius 2 is 2.12 bits per heavy atom. The molecule has 0 spiro atoms. The molecule has 1 aromatic carbocycles. The summed E-state index contributed by atoms with van der Waals surface area (Å²) in [5, 5.41) is 8.73. The zero-order valence-electron chi connectivity index (χ0n) is 8.31. The molecule has 0 saturated heterocycles. The van der Waals surface area contributed by atoms with Gasteiger partial charge in [0.15, 0.2) is 0 Å². The maximum absolute atomic E-state index is 11.2. The monoisotopic (exact) mass is 264 g/mol. The Balaban J connectivity index is 3.39. The number of hydrogen-bond donors (Lipinski definition) is 1. The van der Waals surface area contributed by atoms with Gasteiger partial charge < -0.3 is 9.84 Å². The smallest absolute Gasteiger partial charge is 0.335 e. The van der Waals surface area contributed by atoms with Crippen LogP contribution in [0, 0.1) is 0 Å². The van der Waals surface area contributed by atoms with Crippen molar-refractivity contribution in [2.75, 3.05) is 7.11 Å². The Morgan fingerprint density at radius 3 is 2.56 bits per heavy atom. The largest absolute Gasteiger partial charge is 0.478 e. The van der Waals surface area contributed by atoms with E-state index in [9.17, 15) is 13.2 Å². The number of carboxylic acids is 1. The van der Waals surface area contributed by atoms with Gasteiger partial charge >= 0.3 is 5.97 Å². The summed E-state index contributed by atoms with van der Waals surface area (Å²) in [5.41, 5.74) is 0.182. The van der Waals surface area contributed by atoms with Gasteiger partial charge in [-0.25, -0.2) is 13.2 Å². The van der Waals surface area contributed by atoms with E-state index in [-0.39, 0.29) is 17.1 Å². The predicted molar refractivity (Wildman–Crippen MR) is 57.2 cm³/mol. The van der Waals surface area contributed by atoms with E-state index in [1.165, 1.54) is 19.2 Å². The number of aromatic carboxylic acids is 1. The van der Waals surface area contributed by atoms with Crippen molar-refractivity contribution in [3.05, 3.63) is 29.3 Å². The SMILES string of the molecule is COCc1ccc(C(=O)O)cc1S(=O)(=O)Cl. The maximum atomic E-state index is 11.2. The molecule has 0 amide bonds. The molecule has 0 atom stereocenters. The highest BCUT2D eigenvalue weighted by atomic mass is 35.7. The maximum Gasteiger partial charge on any atom is 0.335 e. The van der Waals surface area contributed by atoms with Crippen LogP contribution in [-0.4, -0.2) is 26.6 Å². The predicted octanol–water partition coefficient (Wildman–Crippen LogP) is 1.46. The third-order valence-corrected chi connectivity index (χ3v) is 3.28. The van der Waals surface area contributed by atoms with Crippen LogP contribution in [0.5, 0.6) is 0 Å². The molecule has 0 unspecified atom stereocenters. The molecular formula is C9H9ClO5S. The van der Waals surface area contributed by atoms with Gasteiger partial charge in [0.05, 0.1) is 17.1 Å². The summed E-state index contributed by atoms with van der Waals surface area (Å²) in [6.07, 6.45) is 0. The highest BCUT2D eigenvalue weighted by Crippen LogP contribution is 2.22. The first-order valence-electron chi connectivity index (χ1n) is 4.16. The molecule has 1 aromatic rings. The van der Waals surface area contributed by atoms with E-state index < -0.39 is 15.0 Å². The molecule has 88 valence electrons. The minimum absolute atomic E-state index is 0.0428.